The van der Waals surface area contributed by atoms with Crippen molar-refractivity contribution in [3.05, 3.63) is 33.9 Å². The van der Waals surface area contributed by atoms with E-state index in [1.807, 2.05) is 0 Å². The molecule has 1 aromatic rings. The van der Waals surface area contributed by atoms with Gasteiger partial charge in [-0.3, -0.25) is 14.9 Å². The molecule has 92 valence electrons. The molecule has 0 heterocycles. The van der Waals surface area contributed by atoms with E-state index >= 15 is 0 Å². The summed E-state index contributed by atoms with van der Waals surface area (Å²) in [5.74, 6) is -0.160. The highest BCUT2D eigenvalue weighted by molar-refractivity contribution is 7.99. The van der Waals surface area contributed by atoms with E-state index in [0.29, 0.717) is 17.1 Å². The van der Waals surface area contributed by atoms with Crippen LogP contribution in [0.3, 0.4) is 0 Å². The number of nitro groups is 1. The SMILES string of the molecule is COc1cc(CSCC(=O)O)cc([N+](=O)[O-])c1. The molecule has 0 spiro atoms. The summed E-state index contributed by atoms with van der Waals surface area (Å²) < 4.78 is 4.94. The van der Waals surface area contributed by atoms with Crippen molar-refractivity contribution >= 4 is 23.4 Å². The van der Waals surface area contributed by atoms with Gasteiger partial charge in [0.25, 0.3) is 5.69 Å². The molecule has 0 saturated heterocycles. The van der Waals surface area contributed by atoms with Gasteiger partial charge in [0.2, 0.25) is 0 Å². The first-order chi connectivity index (χ1) is 8.02. The Bertz CT molecular complexity index is 435. The number of hydrogen-bond acceptors (Lipinski definition) is 5. The van der Waals surface area contributed by atoms with Crippen LogP contribution in [-0.2, 0) is 10.5 Å². The van der Waals surface area contributed by atoms with Crippen LogP contribution in [0.1, 0.15) is 5.56 Å². The Morgan fingerprint density at radius 2 is 2.24 bits per heavy atom. The number of ether oxygens (including phenoxy) is 1. The lowest BCUT2D eigenvalue weighted by Crippen LogP contribution is -1.98. The van der Waals surface area contributed by atoms with Gasteiger partial charge in [-0.15, -0.1) is 11.8 Å². The van der Waals surface area contributed by atoms with Crippen LogP contribution in [0, 0.1) is 10.1 Å². The summed E-state index contributed by atoms with van der Waals surface area (Å²) in [6.45, 7) is 0. The Morgan fingerprint density at radius 1 is 1.53 bits per heavy atom. The molecule has 1 N–H and O–H groups in total. The number of methoxy groups -OCH3 is 1. The van der Waals surface area contributed by atoms with Gasteiger partial charge in [-0.25, -0.2) is 0 Å². The predicted molar refractivity (Wildman–Crippen MR) is 63.4 cm³/mol. The number of benzene rings is 1. The van der Waals surface area contributed by atoms with Crippen molar-refractivity contribution in [1.82, 2.24) is 0 Å². The molecule has 0 fully saturated rings. The lowest BCUT2D eigenvalue weighted by Gasteiger charge is -2.04. The molecule has 0 saturated carbocycles. The largest absolute Gasteiger partial charge is 0.496 e. The molecule has 17 heavy (non-hydrogen) atoms. The number of nitro benzene ring substituents is 1. The standard InChI is InChI=1S/C10H11NO5S/c1-16-9-3-7(5-17-6-10(12)13)2-8(4-9)11(14)15/h2-4H,5-6H2,1H3,(H,12,13). The van der Waals surface area contributed by atoms with Gasteiger partial charge in [0, 0.05) is 11.8 Å². The molecule has 0 atom stereocenters. The van der Waals surface area contributed by atoms with E-state index in [2.05, 4.69) is 0 Å². The normalized spacial score (nSPS) is 9.94. The Balaban J connectivity index is 2.80. The van der Waals surface area contributed by atoms with Crippen LogP contribution < -0.4 is 4.74 Å². The second kappa shape index (κ2) is 6.09. The number of hydrogen-bond donors (Lipinski definition) is 1. The van der Waals surface area contributed by atoms with Crippen molar-refractivity contribution in [2.24, 2.45) is 0 Å². The van der Waals surface area contributed by atoms with Crippen molar-refractivity contribution < 1.29 is 19.6 Å². The van der Waals surface area contributed by atoms with E-state index in [9.17, 15) is 14.9 Å². The van der Waals surface area contributed by atoms with Crippen LogP contribution in [0.5, 0.6) is 5.75 Å². The van der Waals surface area contributed by atoms with E-state index in [1.165, 1.54) is 31.0 Å². The highest BCUT2D eigenvalue weighted by Crippen LogP contribution is 2.25. The zero-order valence-electron chi connectivity index (χ0n) is 9.08. The number of rotatable bonds is 6. The topological polar surface area (TPSA) is 89.7 Å². The summed E-state index contributed by atoms with van der Waals surface area (Å²) in [4.78, 5) is 20.5. The number of aliphatic carboxylic acids is 1. The third-order valence-electron chi connectivity index (χ3n) is 1.89. The van der Waals surface area contributed by atoms with Crippen molar-refractivity contribution in [2.75, 3.05) is 12.9 Å². The summed E-state index contributed by atoms with van der Waals surface area (Å²) >= 11 is 1.18. The quantitative estimate of drug-likeness (QED) is 0.618. The van der Waals surface area contributed by atoms with Gasteiger partial charge in [0.15, 0.2) is 0 Å². The maximum Gasteiger partial charge on any atom is 0.313 e. The number of nitrogens with zero attached hydrogens (tertiary/aromatic N) is 1. The van der Waals surface area contributed by atoms with E-state index in [-0.39, 0.29) is 11.4 Å². The van der Waals surface area contributed by atoms with Crippen molar-refractivity contribution in [1.29, 1.82) is 0 Å². The van der Waals surface area contributed by atoms with Crippen molar-refractivity contribution in [3.63, 3.8) is 0 Å². The fraction of sp³-hybridized carbons (Fsp3) is 0.300. The smallest absolute Gasteiger partial charge is 0.313 e. The summed E-state index contributed by atoms with van der Waals surface area (Å²) in [6, 6.07) is 4.39. The molecule has 6 nitrogen and oxygen atoms in total. The highest BCUT2D eigenvalue weighted by atomic mass is 32.2. The molecule has 0 unspecified atom stereocenters. The zero-order valence-corrected chi connectivity index (χ0v) is 9.90. The predicted octanol–water partition coefficient (Wildman–Crippen LogP) is 1.92. The summed E-state index contributed by atoms with van der Waals surface area (Å²) in [6.07, 6.45) is 0. The van der Waals surface area contributed by atoms with Crippen LogP contribution >= 0.6 is 11.8 Å². The first kappa shape index (κ1) is 13.3. The number of non-ortho nitro benzene ring substituents is 1. The number of carboxylic acid groups (broad SMARTS) is 1. The zero-order chi connectivity index (χ0) is 12.8. The molecular formula is C10H11NO5S. The van der Waals surface area contributed by atoms with Gasteiger partial charge < -0.3 is 9.84 Å². The second-order valence-corrected chi connectivity index (χ2v) is 4.17. The first-order valence-corrected chi connectivity index (χ1v) is 5.80. The Kier molecular flexibility index (Phi) is 4.77. The summed E-state index contributed by atoms with van der Waals surface area (Å²) in [5, 5.41) is 19.1. The van der Waals surface area contributed by atoms with E-state index in [1.54, 1.807) is 6.07 Å². The minimum atomic E-state index is -0.910. The van der Waals surface area contributed by atoms with Crippen LogP contribution in [0.25, 0.3) is 0 Å². The van der Waals surface area contributed by atoms with E-state index < -0.39 is 10.9 Å². The van der Waals surface area contributed by atoms with Crippen molar-refractivity contribution in [3.8, 4) is 5.75 Å². The summed E-state index contributed by atoms with van der Waals surface area (Å²) in [5.41, 5.74) is 0.609. The van der Waals surface area contributed by atoms with Gasteiger partial charge in [0.05, 0.1) is 23.9 Å². The maximum absolute atomic E-state index is 10.7. The fourth-order valence-corrected chi connectivity index (χ4v) is 1.89. The molecule has 0 bridgehead atoms. The minimum Gasteiger partial charge on any atom is -0.496 e. The number of carboxylic acids is 1. The van der Waals surface area contributed by atoms with Crippen LogP contribution in [-0.4, -0.2) is 28.9 Å². The van der Waals surface area contributed by atoms with Gasteiger partial charge >= 0.3 is 5.97 Å². The Morgan fingerprint density at radius 3 is 2.76 bits per heavy atom. The lowest BCUT2D eigenvalue weighted by molar-refractivity contribution is -0.385. The van der Waals surface area contributed by atoms with Crippen LogP contribution in [0.4, 0.5) is 5.69 Å². The van der Waals surface area contributed by atoms with Gasteiger partial charge in [-0.05, 0) is 11.6 Å². The fourth-order valence-electron chi connectivity index (χ4n) is 1.21. The Hall–Kier alpha value is -1.76. The first-order valence-electron chi connectivity index (χ1n) is 4.65. The third kappa shape index (κ3) is 4.31. The van der Waals surface area contributed by atoms with Crippen LogP contribution in [0.2, 0.25) is 0 Å². The van der Waals surface area contributed by atoms with Crippen molar-refractivity contribution in [2.45, 2.75) is 5.75 Å². The molecule has 0 aliphatic heterocycles. The van der Waals surface area contributed by atoms with Gasteiger partial charge in [-0.2, -0.15) is 0 Å². The molecule has 0 amide bonds. The molecule has 7 heteroatoms. The molecular weight excluding hydrogens is 246 g/mol. The number of thioether (sulfide) groups is 1. The molecule has 1 aromatic carbocycles. The average Bonchev–Trinajstić information content (AvgIpc) is 2.28. The second-order valence-electron chi connectivity index (χ2n) is 3.18. The van der Waals surface area contributed by atoms with Crippen LogP contribution in [0.15, 0.2) is 18.2 Å². The van der Waals surface area contributed by atoms with E-state index in [4.69, 9.17) is 9.84 Å². The molecule has 1 rings (SSSR count). The minimum absolute atomic E-state index is 0.0367. The molecule has 0 aliphatic rings. The summed E-state index contributed by atoms with van der Waals surface area (Å²) in [7, 11) is 1.42. The van der Waals surface area contributed by atoms with E-state index in [0.717, 1.165) is 0 Å². The Labute approximate surface area is 102 Å². The average molecular weight is 257 g/mol. The highest BCUT2D eigenvalue weighted by Gasteiger charge is 2.10. The lowest BCUT2D eigenvalue weighted by atomic mass is 10.2. The van der Waals surface area contributed by atoms with Gasteiger partial charge in [-0.1, -0.05) is 0 Å². The molecule has 0 aromatic heterocycles. The monoisotopic (exact) mass is 257 g/mol. The number of carbonyl (C=O) groups is 1. The third-order valence-corrected chi connectivity index (χ3v) is 2.88. The maximum atomic E-state index is 10.7. The molecule has 0 radical (unpaired) electrons. The molecule has 0 aliphatic carbocycles. The van der Waals surface area contributed by atoms with Gasteiger partial charge in [0.1, 0.15) is 5.75 Å².